The van der Waals surface area contributed by atoms with E-state index in [0.717, 1.165) is 5.56 Å². The van der Waals surface area contributed by atoms with Crippen molar-refractivity contribution >= 4 is 5.97 Å². The van der Waals surface area contributed by atoms with Crippen LogP contribution in [0.25, 0.3) is 0 Å². The van der Waals surface area contributed by atoms with Gasteiger partial charge in [-0.05, 0) is 17.7 Å². The molecule has 22 heavy (non-hydrogen) atoms. The van der Waals surface area contributed by atoms with Crippen molar-refractivity contribution in [3.8, 4) is 0 Å². The highest BCUT2D eigenvalue weighted by Gasteiger charge is 2.19. The first-order valence-electron chi connectivity index (χ1n) is 6.42. The van der Waals surface area contributed by atoms with Gasteiger partial charge in [0.1, 0.15) is 6.61 Å². The van der Waals surface area contributed by atoms with Crippen molar-refractivity contribution in [2.75, 3.05) is 7.11 Å². The molecule has 7 nitrogen and oxygen atoms in total. The summed E-state index contributed by atoms with van der Waals surface area (Å²) in [5.41, 5.74) is -0.470. The van der Waals surface area contributed by atoms with Crippen LogP contribution in [0.1, 0.15) is 27.9 Å². The van der Waals surface area contributed by atoms with E-state index < -0.39 is 17.8 Å². The fourth-order valence-corrected chi connectivity index (χ4v) is 1.85. The SMILES string of the molecule is COC(O)c1ccc(C(=O)O)n(OCc2ccccc2)c1=O. The number of carbonyl (C=O) groups is 1. The number of aliphatic hydroxyl groups is 1. The summed E-state index contributed by atoms with van der Waals surface area (Å²) in [4.78, 5) is 28.8. The molecule has 0 fully saturated rings. The third kappa shape index (κ3) is 3.33. The highest BCUT2D eigenvalue weighted by atomic mass is 16.7. The third-order valence-electron chi connectivity index (χ3n) is 2.98. The summed E-state index contributed by atoms with van der Waals surface area (Å²) in [5, 5.41) is 18.8. The van der Waals surface area contributed by atoms with Gasteiger partial charge in [-0.2, -0.15) is 0 Å². The molecule has 0 aliphatic rings. The van der Waals surface area contributed by atoms with Gasteiger partial charge >= 0.3 is 5.97 Å². The Morgan fingerprint density at radius 2 is 1.91 bits per heavy atom. The topological polar surface area (TPSA) is 98.0 Å². The lowest BCUT2D eigenvalue weighted by Gasteiger charge is -2.15. The molecule has 0 saturated carbocycles. The molecule has 0 amide bonds. The standard InChI is InChI=1S/C15H15NO6/c1-21-15(20)11-7-8-12(14(18)19)16(13(11)17)22-9-10-5-3-2-4-6-10/h2-8,15,20H,9H2,1H3,(H,18,19). The molecular formula is C15H15NO6. The number of nitrogens with zero attached hydrogens (tertiary/aromatic N) is 1. The zero-order valence-electron chi connectivity index (χ0n) is 11.8. The Bertz CT molecular complexity index is 710. The van der Waals surface area contributed by atoms with E-state index in [1.165, 1.54) is 19.2 Å². The van der Waals surface area contributed by atoms with Crippen molar-refractivity contribution in [3.63, 3.8) is 0 Å². The summed E-state index contributed by atoms with van der Waals surface area (Å²) in [5.74, 6) is -1.32. The average Bonchev–Trinajstić information content (AvgIpc) is 2.53. The number of aromatic carboxylic acids is 1. The molecule has 7 heteroatoms. The van der Waals surface area contributed by atoms with Crippen molar-refractivity contribution in [3.05, 3.63) is 69.6 Å². The van der Waals surface area contributed by atoms with Gasteiger partial charge in [0, 0.05) is 7.11 Å². The molecule has 1 aromatic carbocycles. The molecule has 2 aromatic rings. The van der Waals surface area contributed by atoms with E-state index in [2.05, 4.69) is 4.74 Å². The van der Waals surface area contributed by atoms with E-state index in [0.29, 0.717) is 4.73 Å². The van der Waals surface area contributed by atoms with Crippen LogP contribution in [0.15, 0.2) is 47.3 Å². The normalized spacial score (nSPS) is 11.9. The van der Waals surface area contributed by atoms with Gasteiger partial charge in [-0.1, -0.05) is 30.3 Å². The summed E-state index contributed by atoms with van der Waals surface area (Å²) < 4.78 is 5.32. The number of carboxylic acids is 1. The Kier molecular flexibility index (Phi) is 4.92. The maximum atomic E-state index is 12.3. The fraction of sp³-hybridized carbons (Fsp3) is 0.200. The number of ether oxygens (including phenoxy) is 1. The number of hydrogen-bond donors (Lipinski definition) is 2. The number of methoxy groups -OCH3 is 1. The fourth-order valence-electron chi connectivity index (χ4n) is 1.85. The summed E-state index contributed by atoms with van der Waals surface area (Å²) >= 11 is 0. The van der Waals surface area contributed by atoms with Gasteiger partial charge < -0.3 is 19.8 Å². The van der Waals surface area contributed by atoms with Crippen LogP contribution >= 0.6 is 0 Å². The predicted molar refractivity (Wildman–Crippen MR) is 76.4 cm³/mol. The summed E-state index contributed by atoms with van der Waals surface area (Å²) in [7, 11) is 1.23. The quantitative estimate of drug-likeness (QED) is 0.767. The average molecular weight is 305 g/mol. The van der Waals surface area contributed by atoms with Gasteiger partial charge in [-0.15, -0.1) is 4.73 Å². The molecule has 0 aliphatic heterocycles. The van der Waals surface area contributed by atoms with Crippen LogP contribution in [0.2, 0.25) is 0 Å². The first-order valence-corrected chi connectivity index (χ1v) is 6.42. The van der Waals surface area contributed by atoms with Crippen molar-refractivity contribution in [2.24, 2.45) is 0 Å². The van der Waals surface area contributed by atoms with Gasteiger partial charge in [0.25, 0.3) is 5.56 Å². The molecule has 1 atom stereocenters. The first-order chi connectivity index (χ1) is 10.5. The van der Waals surface area contributed by atoms with Crippen LogP contribution in [-0.2, 0) is 11.3 Å². The summed E-state index contributed by atoms with van der Waals surface area (Å²) in [6.07, 6.45) is -1.46. The molecule has 0 aliphatic carbocycles. The number of benzene rings is 1. The largest absolute Gasteiger partial charge is 0.476 e. The second-order valence-electron chi connectivity index (χ2n) is 4.43. The van der Waals surface area contributed by atoms with Gasteiger partial charge in [0.2, 0.25) is 0 Å². The lowest BCUT2D eigenvalue weighted by atomic mass is 10.2. The van der Waals surface area contributed by atoms with Crippen molar-refractivity contribution in [2.45, 2.75) is 12.9 Å². The Morgan fingerprint density at radius 3 is 2.50 bits per heavy atom. The molecule has 2 rings (SSSR count). The van der Waals surface area contributed by atoms with Gasteiger partial charge in [-0.25, -0.2) is 4.79 Å². The van der Waals surface area contributed by atoms with Gasteiger partial charge in [-0.3, -0.25) is 4.79 Å². The van der Waals surface area contributed by atoms with E-state index in [1.54, 1.807) is 24.3 Å². The molecule has 0 spiro atoms. The number of aliphatic hydroxyl groups excluding tert-OH is 1. The van der Waals surface area contributed by atoms with E-state index >= 15 is 0 Å². The lowest BCUT2D eigenvalue weighted by Crippen LogP contribution is -2.34. The summed E-state index contributed by atoms with van der Waals surface area (Å²) in [6, 6.07) is 11.3. The minimum atomic E-state index is -1.46. The number of hydrogen-bond acceptors (Lipinski definition) is 5. The Morgan fingerprint density at radius 1 is 1.23 bits per heavy atom. The van der Waals surface area contributed by atoms with Crippen LogP contribution < -0.4 is 10.4 Å². The third-order valence-corrected chi connectivity index (χ3v) is 2.98. The maximum Gasteiger partial charge on any atom is 0.356 e. The lowest BCUT2D eigenvalue weighted by molar-refractivity contribution is -0.0793. The van der Waals surface area contributed by atoms with Gasteiger partial charge in [0.15, 0.2) is 12.0 Å². The van der Waals surface area contributed by atoms with Crippen LogP contribution in [0.4, 0.5) is 0 Å². The smallest absolute Gasteiger partial charge is 0.356 e. The second kappa shape index (κ2) is 6.88. The molecule has 1 unspecified atom stereocenters. The first kappa shape index (κ1) is 15.7. The van der Waals surface area contributed by atoms with Crippen LogP contribution in [-0.4, -0.2) is 28.0 Å². The van der Waals surface area contributed by atoms with E-state index in [1.807, 2.05) is 6.07 Å². The molecule has 1 heterocycles. The van der Waals surface area contributed by atoms with E-state index in [4.69, 9.17) is 9.94 Å². The Balaban J connectivity index is 2.38. The molecule has 0 radical (unpaired) electrons. The molecule has 116 valence electrons. The van der Waals surface area contributed by atoms with Crippen molar-refractivity contribution in [1.29, 1.82) is 0 Å². The Hall–Kier alpha value is -2.64. The van der Waals surface area contributed by atoms with Crippen LogP contribution in [0.5, 0.6) is 0 Å². The van der Waals surface area contributed by atoms with Crippen LogP contribution in [0, 0.1) is 0 Å². The number of carboxylic acid groups (broad SMARTS) is 1. The zero-order valence-corrected chi connectivity index (χ0v) is 11.8. The number of aromatic nitrogens is 1. The zero-order chi connectivity index (χ0) is 16.1. The van der Waals surface area contributed by atoms with E-state index in [9.17, 15) is 14.7 Å². The minimum absolute atomic E-state index is 0.00750. The molecular weight excluding hydrogens is 290 g/mol. The molecule has 0 bridgehead atoms. The minimum Gasteiger partial charge on any atom is -0.476 e. The van der Waals surface area contributed by atoms with E-state index in [-0.39, 0.29) is 17.9 Å². The number of pyridine rings is 1. The highest BCUT2D eigenvalue weighted by molar-refractivity contribution is 5.85. The summed E-state index contributed by atoms with van der Waals surface area (Å²) in [6.45, 7) is 0.00750. The van der Waals surface area contributed by atoms with Gasteiger partial charge in [0.05, 0.1) is 5.56 Å². The maximum absolute atomic E-state index is 12.3. The molecule has 0 saturated heterocycles. The predicted octanol–water partition coefficient (Wildman–Crippen LogP) is 0.813. The molecule has 2 N–H and O–H groups in total. The monoisotopic (exact) mass is 305 g/mol. The highest BCUT2D eigenvalue weighted by Crippen LogP contribution is 2.10. The van der Waals surface area contributed by atoms with Crippen LogP contribution in [0.3, 0.4) is 0 Å². The van der Waals surface area contributed by atoms with Crippen molar-refractivity contribution < 1.29 is 24.6 Å². The Labute approximate surface area is 125 Å². The second-order valence-corrected chi connectivity index (χ2v) is 4.43. The van der Waals surface area contributed by atoms with Crippen molar-refractivity contribution in [1.82, 2.24) is 4.73 Å². The molecule has 1 aromatic heterocycles. The number of rotatable bonds is 6.